The van der Waals surface area contributed by atoms with E-state index in [1.165, 1.54) is 6.42 Å². The number of rotatable bonds is 3. The molecule has 0 aromatic rings. The molecule has 0 aromatic heterocycles. The van der Waals surface area contributed by atoms with Crippen LogP contribution in [0.2, 0.25) is 0 Å². The number of nitrogens with two attached hydrogens (primary N) is 1. The zero-order valence-corrected chi connectivity index (χ0v) is 11.9. The molecule has 1 rings (SSSR count). The Hall–Kier alpha value is 0.0700. The van der Waals surface area contributed by atoms with Gasteiger partial charge in [0.1, 0.15) is 0 Å². The number of nitrogens with zero attached hydrogens (tertiary/aromatic N) is 1. The smallest absolute Gasteiger partial charge is 0.235 e. The topological polar surface area (TPSA) is 46.3 Å². The monoisotopic (exact) mass is 266 g/mol. The highest BCUT2D eigenvalue weighted by Gasteiger charge is 2.32. The first-order valence-electron chi connectivity index (χ1n) is 5.65. The first-order valence-corrected chi connectivity index (χ1v) is 6.94. The van der Waals surface area contributed by atoms with Crippen molar-refractivity contribution in [3.8, 4) is 0 Å². The van der Waals surface area contributed by atoms with Gasteiger partial charge in [-0.3, -0.25) is 4.79 Å². The SMILES string of the molecule is CSC(C)C(=O)N1CCCC(C)C1CN.Cl. The number of hydrogen-bond donors (Lipinski definition) is 1. The van der Waals surface area contributed by atoms with E-state index in [0.29, 0.717) is 12.5 Å². The lowest BCUT2D eigenvalue weighted by molar-refractivity contribution is -0.135. The Morgan fingerprint density at radius 3 is 2.75 bits per heavy atom. The fourth-order valence-electron chi connectivity index (χ4n) is 2.22. The van der Waals surface area contributed by atoms with Crippen LogP contribution in [0.5, 0.6) is 0 Å². The van der Waals surface area contributed by atoms with Crippen LogP contribution in [0.3, 0.4) is 0 Å². The molecule has 0 spiro atoms. The third-order valence-corrected chi connectivity index (χ3v) is 4.25. The Kier molecular flexibility index (Phi) is 7.44. The Bertz CT molecular complexity index is 228. The molecule has 1 saturated heterocycles. The van der Waals surface area contributed by atoms with Crippen molar-refractivity contribution in [2.24, 2.45) is 11.7 Å². The van der Waals surface area contributed by atoms with Gasteiger partial charge in [0.2, 0.25) is 5.91 Å². The molecule has 1 heterocycles. The number of hydrogen-bond acceptors (Lipinski definition) is 3. The summed E-state index contributed by atoms with van der Waals surface area (Å²) in [5.74, 6) is 0.797. The molecule has 5 heteroatoms. The zero-order chi connectivity index (χ0) is 11.4. The van der Waals surface area contributed by atoms with E-state index in [1.54, 1.807) is 11.8 Å². The first kappa shape index (κ1) is 16.1. The molecular formula is C11H23ClN2OS. The number of piperidine rings is 1. The number of likely N-dealkylation sites (tertiary alicyclic amines) is 1. The molecule has 96 valence electrons. The maximum atomic E-state index is 12.1. The maximum absolute atomic E-state index is 12.1. The molecule has 3 atom stereocenters. The number of carbonyl (C=O) groups excluding carboxylic acids is 1. The largest absolute Gasteiger partial charge is 0.337 e. The fraction of sp³-hybridized carbons (Fsp3) is 0.909. The average molecular weight is 267 g/mol. The second kappa shape index (κ2) is 7.41. The Labute approximate surface area is 109 Å². The van der Waals surface area contributed by atoms with Crippen molar-refractivity contribution >= 4 is 30.1 Å². The second-order valence-corrected chi connectivity index (χ2v) is 5.51. The van der Waals surface area contributed by atoms with Gasteiger partial charge in [-0.05, 0) is 31.9 Å². The summed E-state index contributed by atoms with van der Waals surface area (Å²) in [7, 11) is 0. The summed E-state index contributed by atoms with van der Waals surface area (Å²) in [6, 6.07) is 0.251. The minimum Gasteiger partial charge on any atom is -0.337 e. The van der Waals surface area contributed by atoms with Crippen molar-refractivity contribution in [1.29, 1.82) is 0 Å². The van der Waals surface area contributed by atoms with E-state index in [-0.39, 0.29) is 29.6 Å². The highest BCUT2D eigenvalue weighted by molar-refractivity contribution is 7.99. The first-order chi connectivity index (χ1) is 7.11. The molecule has 0 aliphatic carbocycles. The molecule has 1 fully saturated rings. The van der Waals surface area contributed by atoms with E-state index in [1.807, 2.05) is 18.1 Å². The van der Waals surface area contributed by atoms with Crippen molar-refractivity contribution < 1.29 is 4.79 Å². The fourth-order valence-corrected chi connectivity index (χ4v) is 2.55. The predicted octanol–water partition coefficient (Wildman–Crippen LogP) is 1.75. The van der Waals surface area contributed by atoms with Crippen LogP contribution in [0, 0.1) is 5.92 Å². The lowest BCUT2D eigenvalue weighted by atomic mass is 9.90. The summed E-state index contributed by atoms with van der Waals surface area (Å²) < 4.78 is 0. The third-order valence-electron chi connectivity index (χ3n) is 3.34. The number of thioether (sulfide) groups is 1. The van der Waals surface area contributed by atoms with Gasteiger partial charge in [0.15, 0.2) is 0 Å². The summed E-state index contributed by atoms with van der Waals surface area (Å²) in [5.41, 5.74) is 5.76. The summed E-state index contributed by atoms with van der Waals surface area (Å²) in [6.45, 7) is 5.64. The highest BCUT2D eigenvalue weighted by atomic mass is 35.5. The van der Waals surface area contributed by atoms with E-state index in [9.17, 15) is 4.79 Å². The molecule has 1 aliphatic rings. The molecule has 16 heavy (non-hydrogen) atoms. The second-order valence-electron chi connectivity index (χ2n) is 4.33. The summed E-state index contributed by atoms with van der Waals surface area (Å²) in [6.07, 6.45) is 4.29. The lowest BCUT2D eigenvalue weighted by Gasteiger charge is -2.40. The van der Waals surface area contributed by atoms with Gasteiger partial charge < -0.3 is 10.6 Å². The van der Waals surface area contributed by atoms with Crippen LogP contribution in [-0.4, -0.2) is 41.4 Å². The molecule has 0 radical (unpaired) electrons. The van der Waals surface area contributed by atoms with Crippen molar-refractivity contribution in [3.63, 3.8) is 0 Å². The minimum atomic E-state index is 0. The molecular weight excluding hydrogens is 244 g/mol. The maximum Gasteiger partial charge on any atom is 0.235 e. The number of amides is 1. The van der Waals surface area contributed by atoms with Gasteiger partial charge >= 0.3 is 0 Å². The highest BCUT2D eigenvalue weighted by Crippen LogP contribution is 2.24. The lowest BCUT2D eigenvalue weighted by Crippen LogP contribution is -2.53. The quantitative estimate of drug-likeness (QED) is 0.847. The third kappa shape index (κ3) is 3.54. The molecule has 3 unspecified atom stereocenters. The molecule has 2 N–H and O–H groups in total. The van der Waals surface area contributed by atoms with Crippen LogP contribution in [0.15, 0.2) is 0 Å². The van der Waals surface area contributed by atoms with Crippen LogP contribution in [0.25, 0.3) is 0 Å². The van der Waals surface area contributed by atoms with E-state index in [0.717, 1.165) is 13.0 Å². The van der Waals surface area contributed by atoms with Crippen LogP contribution >= 0.6 is 24.2 Å². The van der Waals surface area contributed by atoms with Gasteiger partial charge in [-0.1, -0.05) is 6.92 Å². The van der Waals surface area contributed by atoms with Crippen molar-refractivity contribution in [2.45, 2.75) is 38.0 Å². The normalized spacial score (nSPS) is 27.1. The van der Waals surface area contributed by atoms with Crippen molar-refractivity contribution in [2.75, 3.05) is 19.3 Å². The molecule has 1 amide bonds. The van der Waals surface area contributed by atoms with Gasteiger partial charge in [-0.2, -0.15) is 11.8 Å². The van der Waals surface area contributed by atoms with E-state index in [2.05, 4.69) is 6.92 Å². The summed E-state index contributed by atoms with van der Waals surface area (Å²) >= 11 is 1.61. The van der Waals surface area contributed by atoms with Crippen molar-refractivity contribution in [1.82, 2.24) is 4.90 Å². The van der Waals surface area contributed by atoms with Crippen molar-refractivity contribution in [3.05, 3.63) is 0 Å². The van der Waals surface area contributed by atoms with E-state index >= 15 is 0 Å². The molecule has 0 aromatic carbocycles. The van der Waals surface area contributed by atoms with Crippen LogP contribution in [0.1, 0.15) is 26.7 Å². The molecule has 0 saturated carbocycles. The molecule has 0 bridgehead atoms. The van der Waals surface area contributed by atoms with E-state index in [4.69, 9.17) is 5.73 Å². The van der Waals surface area contributed by atoms with Crippen LogP contribution in [0.4, 0.5) is 0 Å². The van der Waals surface area contributed by atoms with E-state index < -0.39 is 0 Å². The predicted molar refractivity (Wildman–Crippen MR) is 73.2 cm³/mol. The number of halogens is 1. The van der Waals surface area contributed by atoms with Crippen LogP contribution in [-0.2, 0) is 4.79 Å². The standard InChI is InChI=1S/C11H22N2OS.ClH/c1-8-5-4-6-13(10(8)7-12)11(14)9(2)15-3;/h8-10H,4-7,12H2,1-3H3;1H. The summed E-state index contributed by atoms with van der Waals surface area (Å²) in [5, 5.41) is 0.0596. The Morgan fingerprint density at radius 2 is 2.25 bits per heavy atom. The van der Waals surface area contributed by atoms with Gasteiger partial charge in [-0.15, -0.1) is 12.4 Å². The molecule has 1 aliphatic heterocycles. The van der Waals surface area contributed by atoms with Gasteiger partial charge in [0.25, 0.3) is 0 Å². The van der Waals surface area contributed by atoms with Gasteiger partial charge in [0.05, 0.1) is 5.25 Å². The average Bonchev–Trinajstić information content (AvgIpc) is 2.26. The molecule has 3 nitrogen and oxygen atoms in total. The van der Waals surface area contributed by atoms with Gasteiger partial charge in [0, 0.05) is 19.1 Å². The van der Waals surface area contributed by atoms with Crippen LogP contribution < -0.4 is 5.73 Å². The minimum absolute atomic E-state index is 0. The Balaban J connectivity index is 0.00000225. The summed E-state index contributed by atoms with van der Waals surface area (Å²) in [4.78, 5) is 14.1. The Morgan fingerprint density at radius 1 is 1.62 bits per heavy atom. The van der Waals surface area contributed by atoms with Gasteiger partial charge in [-0.25, -0.2) is 0 Å². The number of carbonyl (C=O) groups is 1. The zero-order valence-electron chi connectivity index (χ0n) is 10.3.